The molecule has 1 amide bonds. The molecule has 0 bridgehead atoms. The van der Waals surface area contributed by atoms with Gasteiger partial charge in [-0.05, 0) is 31.9 Å². The fourth-order valence-electron chi connectivity index (χ4n) is 2.44. The van der Waals surface area contributed by atoms with Crippen molar-refractivity contribution in [1.29, 1.82) is 0 Å². The standard InChI is InChI=1S/C16H24N2O2.ClH/c1-13-5-6-15(14(2)12-13)20-11-3-4-16(19)18-9-7-17-8-10-18;/h5-6,12,17H,3-4,7-11H2,1-2H3;1H. The van der Waals surface area contributed by atoms with Crippen LogP contribution in [0.25, 0.3) is 0 Å². The van der Waals surface area contributed by atoms with Crippen molar-refractivity contribution < 1.29 is 9.53 Å². The molecule has 0 unspecified atom stereocenters. The Hall–Kier alpha value is -1.26. The molecule has 0 aliphatic carbocycles. The Labute approximate surface area is 133 Å². The lowest BCUT2D eigenvalue weighted by Crippen LogP contribution is -2.46. The van der Waals surface area contributed by atoms with Gasteiger partial charge in [-0.3, -0.25) is 4.79 Å². The summed E-state index contributed by atoms with van der Waals surface area (Å²) in [6.45, 7) is 8.20. The van der Waals surface area contributed by atoms with Gasteiger partial charge in [-0.25, -0.2) is 0 Å². The van der Waals surface area contributed by atoms with Gasteiger partial charge in [0.1, 0.15) is 5.75 Å². The highest BCUT2D eigenvalue weighted by molar-refractivity contribution is 5.85. The number of carbonyl (C=O) groups is 1. The van der Waals surface area contributed by atoms with Gasteiger partial charge >= 0.3 is 0 Å². The second kappa shape index (κ2) is 8.90. The molecule has 0 saturated carbocycles. The lowest BCUT2D eigenvalue weighted by molar-refractivity contribution is -0.132. The van der Waals surface area contributed by atoms with Crippen LogP contribution in [0.15, 0.2) is 18.2 Å². The van der Waals surface area contributed by atoms with Crippen LogP contribution in [0, 0.1) is 13.8 Å². The van der Waals surface area contributed by atoms with Gasteiger partial charge in [0.25, 0.3) is 0 Å². The number of hydrogen-bond acceptors (Lipinski definition) is 3. The minimum atomic E-state index is 0. The monoisotopic (exact) mass is 312 g/mol. The van der Waals surface area contributed by atoms with E-state index in [1.54, 1.807) is 0 Å². The highest BCUT2D eigenvalue weighted by Crippen LogP contribution is 2.18. The van der Waals surface area contributed by atoms with Gasteiger partial charge in [0.05, 0.1) is 6.61 Å². The Morgan fingerprint density at radius 1 is 1.29 bits per heavy atom. The van der Waals surface area contributed by atoms with E-state index in [0.29, 0.717) is 13.0 Å². The molecule has 0 aromatic heterocycles. The van der Waals surface area contributed by atoms with Crippen molar-refractivity contribution in [3.63, 3.8) is 0 Å². The molecule has 1 aromatic rings. The van der Waals surface area contributed by atoms with Crippen LogP contribution >= 0.6 is 12.4 Å². The van der Waals surface area contributed by atoms with Gasteiger partial charge in [-0.1, -0.05) is 17.7 Å². The molecule has 1 aliphatic heterocycles. The smallest absolute Gasteiger partial charge is 0.222 e. The average Bonchev–Trinajstić information content (AvgIpc) is 2.46. The zero-order valence-electron chi connectivity index (χ0n) is 12.9. The predicted octanol–water partition coefficient (Wildman–Crippen LogP) is 2.32. The van der Waals surface area contributed by atoms with Crippen molar-refractivity contribution in [2.24, 2.45) is 0 Å². The van der Waals surface area contributed by atoms with E-state index in [1.165, 1.54) is 5.56 Å². The van der Waals surface area contributed by atoms with Gasteiger partial charge in [0.15, 0.2) is 0 Å². The van der Waals surface area contributed by atoms with E-state index in [1.807, 2.05) is 24.0 Å². The summed E-state index contributed by atoms with van der Waals surface area (Å²) in [4.78, 5) is 13.9. The van der Waals surface area contributed by atoms with Crippen LogP contribution in [0.2, 0.25) is 0 Å². The molecule has 1 aromatic carbocycles. The minimum absolute atomic E-state index is 0. The number of ether oxygens (including phenoxy) is 1. The molecule has 4 nitrogen and oxygen atoms in total. The van der Waals surface area contributed by atoms with E-state index in [9.17, 15) is 4.79 Å². The van der Waals surface area contributed by atoms with Gasteiger partial charge < -0.3 is 15.0 Å². The van der Waals surface area contributed by atoms with E-state index >= 15 is 0 Å². The molecule has 1 fully saturated rings. The summed E-state index contributed by atoms with van der Waals surface area (Å²) in [5.41, 5.74) is 2.39. The number of amides is 1. The molecular weight excluding hydrogens is 288 g/mol. The van der Waals surface area contributed by atoms with Crippen LogP contribution < -0.4 is 10.1 Å². The Kier molecular flexibility index (Phi) is 7.54. The molecule has 0 spiro atoms. The van der Waals surface area contributed by atoms with E-state index in [4.69, 9.17) is 4.74 Å². The number of hydrogen-bond donors (Lipinski definition) is 1. The van der Waals surface area contributed by atoms with Crippen molar-refractivity contribution in [2.75, 3.05) is 32.8 Å². The lowest BCUT2D eigenvalue weighted by Gasteiger charge is -2.27. The van der Waals surface area contributed by atoms with Crippen molar-refractivity contribution >= 4 is 18.3 Å². The van der Waals surface area contributed by atoms with E-state index in [-0.39, 0.29) is 18.3 Å². The maximum Gasteiger partial charge on any atom is 0.222 e. The lowest BCUT2D eigenvalue weighted by atomic mass is 10.1. The third-order valence-electron chi connectivity index (χ3n) is 3.59. The molecule has 0 atom stereocenters. The summed E-state index contributed by atoms with van der Waals surface area (Å²) >= 11 is 0. The molecule has 118 valence electrons. The Morgan fingerprint density at radius 2 is 2.00 bits per heavy atom. The van der Waals surface area contributed by atoms with Gasteiger partial charge in [0, 0.05) is 32.6 Å². The van der Waals surface area contributed by atoms with Crippen LogP contribution in [-0.2, 0) is 4.79 Å². The summed E-state index contributed by atoms with van der Waals surface area (Å²) in [6, 6.07) is 6.16. The van der Waals surface area contributed by atoms with Crippen LogP contribution in [0.1, 0.15) is 24.0 Å². The van der Waals surface area contributed by atoms with Gasteiger partial charge in [-0.2, -0.15) is 0 Å². The Morgan fingerprint density at radius 3 is 2.67 bits per heavy atom. The minimum Gasteiger partial charge on any atom is -0.493 e. The fourth-order valence-corrected chi connectivity index (χ4v) is 2.44. The summed E-state index contributed by atoms with van der Waals surface area (Å²) in [6.07, 6.45) is 1.35. The second-order valence-corrected chi connectivity index (χ2v) is 5.35. The third kappa shape index (κ3) is 5.56. The van der Waals surface area contributed by atoms with Crippen molar-refractivity contribution in [3.8, 4) is 5.75 Å². The van der Waals surface area contributed by atoms with Crippen molar-refractivity contribution in [3.05, 3.63) is 29.3 Å². The Balaban J connectivity index is 0.00000220. The highest BCUT2D eigenvalue weighted by atomic mass is 35.5. The van der Waals surface area contributed by atoms with Crippen molar-refractivity contribution in [2.45, 2.75) is 26.7 Å². The summed E-state index contributed by atoms with van der Waals surface area (Å²) < 4.78 is 5.75. The number of nitrogens with one attached hydrogen (secondary N) is 1. The topological polar surface area (TPSA) is 41.6 Å². The van der Waals surface area contributed by atoms with E-state index in [0.717, 1.165) is 43.9 Å². The SMILES string of the molecule is Cc1ccc(OCCCC(=O)N2CCNCC2)c(C)c1.Cl. The number of benzene rings is 1. The van der Waals surface area contributed by atoms with E-state index in [2.05, 4.69) is 18.3 Å². The molecule has 1 heterocycles. The third-order valence-corrected chi connectivity index (χ3v) is 3.59. The normalized spacial score (nSPS) is 14.5. The first kappa shape index (κ1) is 17.8. The number of nitrogens with zero attached hydrogens (tertiary/aromatic N) is 1. The first-order chi connectivity index (χ1) is 9.66. The summed E-state index contributed by atoms with van der Waals surface area (Å²) in [5.74, 6) is 1.17. The summed E-state index contributed by atoms with van der Waals surface area (Å²) in [5, 5.41) is 3.25. The van der Waals surface area contributed by atoms with E-state index < -0.39 is 0 Å². The van der Waals surface area contributed by atoms with Crippen LogP contribution in [0.3, 0.4) is 0 Å². The number of piperazine rings is 1. The second-order valence-electron chi connectivity index (χ2n) is 5.35. The first-order valence-electron chi connectivity index (χ1n) is 7.35. The average molecular weight is 313 g/mol. The number of halogens is 1. The van der Waals surface area contributed by atoms with Crippen LogP contribution in [0.4, 0.5) is 0 Å². The maximum absolute atomic E-state index is 12.0. The number of rotatable bonds is 5. The fraction of sp³-hybridized carbons (Fsp3) is 0.562. The van der Waals surface area contributed by atoms with Crippen LogP contribution in [-0.4, -0.2) is 43.6 Å². The zero-order valence-corrected chi connectivity index (χ0v) is 13.7. The van der Waals surface area contributed by atoms with Gasteiger partial charge in [-0.15, -0.1) is 12.4 Å². The molecular formula is C16H25ClN2O2. The highest BCUT2D eigenvalue weighted by Gasteiger charge is 2.15. The maximum atomic E-state index is 12.0. The largest absolute Gasteiger partial charge is 0.493 e. The zero-order chi connectivity index (χ0) is 14.4. The quantitative estimate of drug-likeness (QED) is 0.848. The Bertz CT molecular complexity index is 460. The number of carbonyl (C=O) groups excluding carboxylic acids is 1. The van der Waals surface area contributed by atoms with Gasteiger partial charge in [0.2, 0.25) is 5.91 Å². The first-order valence-corrected chi connectivity index (χ1v) is 7.35. The van der Waals surface area contributed by atoms with Crippen LogP contribution in [0.5, 0.6) is 5.75 Å². The van der Waals surface area contributed by atoms with Crippen molar-refractivity contribution in [1.82, 2.24) is 10.2 Å². The number of aryl methyl sites for hydroxylation is 2. The predicted molar refractivity (Wildman–Crippen MR) is 87.3 cm³/mol. The molecule has 0 radical (unpaired) electrons. The molecule has 21 heavy (non-hydrogen) atoms. The molecule has 2 rings (SSSR count). The molecule has 1 saturated heterocycles. The molecule has 1 aliphatic rings. The molecule has 5 heteroatoms. The molecule has 1 N–H and O–H groups in total. The summed E-state index contributed by atoms with van der Waals surface area (Å²) in [7, 11) is 0.